The fourth-order valence-electron chi connectivity index (χ4n) is 2.09. The van der Waals surface area contributed by atoms with Crippen LogP contribution in [0.25, 0.3) is 0 Å². The van der Waals surface area contributed by atoms with Crippen LogP contribution >= 0.6 is 0 Å². The number of sulfonamides is 1. The van der Waals surface area contributed by atoms with Crippen molar-refractivity contribution in [3.63, 3.8) is 0 Å². The van der Waals surface area contributed by atoms with E-state index in [4.69, 9.17) is 0 Å². The lowest BCUT2D eigenvalue weighted by atomic mass is 10.4. The van der Waals surface area contributed by atoms with Crippen LogP contribution in [0.4, 0.5) is 0 Å². The molecule has 0 bridgehead atoms. The lowest BCUT2D eigenvalue weighted by molar-refractivity contribution is 0.196. The van der Waals surface area contributed by atoms with E-state index in [1.54, 1.807) is 15.2 Å². The summed E-state index contributed by atoms with van der Waals surface area (Å²) in [4.78, 5) is 2.55. The molecule has 0 atom stereocenters. The molecule has 1 aliphatic rings. The maximum absolute atomic E-state index is 12.4. The van der Waals surface area contributed by atoms with E-state index >= 15 is 0 Å². The van der Waals surface area contributed by atoms with Crippen molar-refractivity contribution in [2.24, 2.45) is 0 Å². The van der Waals surface area contributed by atoms with Crippen molar-refractivity contribution in [3.05, 3.63) is 12.4 Å². The molecule has 1 fully saturated rings. The molecule has 1 aliphatic heterocycles. The van der Waals surface area contributed by atoms with E-state index in [0.717, 1.165) is 19.6 Å². The lowest BCUT2D eigenvalue weighted by Crippen LogP contribution is -2.48. The van der Waals surface area contributed by atoms with E-state index in [0.29, 0.717) is 24.5 Å². The van der Waals surface area contributed by atoms with Crippen molar-refractivity contribution in [1.29, 1.82) is 0 Å². The highest BCUT2D eigenvalue weighted by molar-refractivity contribution is 7.89. The number of aromatic nitrogens is 2. The summed E-state index contributed by atoms with van der Waals surface area (Å²) in [5.41, 5.74) is 0. The molecule has 0 spiro atoms. The molecule has 1 aromatic rings. The largest absolute Gasteiger partial charge is 0.301 e. The second-order valence-electron chi connectivity index (χ2n) is 4.37. The van der Waals surface area contributed by atoms with E-state index in [1.165, 1.54) is 6.20 Å². The zero-order chi connectivity index (χ0) is 13.2. The average molecular weight is 272 g/mol. The van der Waals surface area contributed by atoms with Crippen LogP contribution in [0.2, 0.25) is 0 Å². The Morgan fingerprint density at radius 3 is 2.33 bits per heavy atom. The molecule has 1 saturated heterocycles. The van der Waals surface area contributed by atoms with Gasteiger partial charge in [-0.1, -0.05) is 6.92 Å². The van der Waals surface area contributed by atoms with Crippen molar-refractivity contribution in [3.8, 4) is 0 Å². The smallest absolute Gasteiger partial charge is 0.246 e. The molecule has 0 radical (unpaired) electrons. The maximum atomic E-state index is 12.4. The van der Waals surface area contributed by atoms with Gasteiger partial charge in [0.05, 0.1) is 6.20 Å². The fourth-order valence-corrected chi connectivity index (χ4v) is 3.46. The number of rotatable bonds is 4. The van der Waals surface area contributed by atoms with Crippen molar-refractivity contribution < 1.29 is 8.42 Å². The fraction of sp³-hybridized carbons (Fsp3) is 0.727. The minimum Gasteiger partial charge on any atom is -0.301 e. The molecule has 2 heterocycles. The molecular weight excluding hydrogens is 252 g/mol. The summed E-state index contributed by atoms with van der Waals surface area (Å²) in [7, 11) is -3.36. The minimum absolute atomic E-state index is 0.300. The van der Waals surface area contributed by atoms with Gasteiger partial charge in [-0.3, -0.25) is 4.68 Å². The molecule has 2 rings (SSSR count). The van der Waals surface area contributed by atoms with E-state index in [1.807, 2.05) is 6.92 Å². The van der Waals surface area contributed by atoms with Gasteiger partial charge in [-0.05, 0) is 13.5 Å². The number of piperazine rings is 1. The summed E-state index contributed by atoms with van der Waals surface area (Å²) < 4.78 is 27.9. The third kappa shape index (κ3) is 2.57. The molecule has 1 aromatic heterocycles. The first kappa shape index (κ1) is 13.5. The molecular formula is C11H20N4O2S. The molecule has 6 nitrogen and oxygen atoms in total. The van der Waals surface area contributed by atoms with Gasteiger partial charge in [-0.15, -0.1) is 0 Å². The first-order valence-corrected chi connectivity index (χ1v) is 7.77. The summed E-state index contributed by atoms with van der Waals surface area (Å²) in [5, 5.41) is 4.03. The topological polar surface area (TPSA) is 58.4 Å². The number of nitrogens with zero attached hydrogens (tertiary/aromatic N) is 4. The third-order valence-corrected chi connectivity index (χ3v) is 5.20. The normalized spacial score (nSPS) is 19.2. The molecule has 0 unspecified atom stereocenters. The SMILES string of the molecule is CCN1CCN(S(=O)(=O)c2cnn(CC)c2)CC1. The van der Waals surface area contributed by atoms with Gasteiger partial charge in [0.15, 0.2) is 0 Å². The Hall–Kier alpha value is -0.920. The zero-order valence-corrected chi connectivity index (χ0v) is 11.7. The quantitative estimate of drug-likeness (QED) is 0.787. The first-order chi connectivity index (χ1) is 8.57. The monoisotopic (exact) mass is 272 g/mol. The summed E-state index contributed by atoms with van der Waals surface area (Å²) >= 11 is 0. The predicted octanol–water partition coefficient (Wildman–Crippen LogP) is 0.229. The average Bonchev–Trinajstić information content (AvgIpc) is 2.88. The van der Waals surface area contributed by atoms with Crippen LogP contribution in [0.3, 0.4) is 0 Å². The molecule has 0 N–H and O–H groups in total. The van der Waals surface area contributed by atoms with Gasteiger partial charge in [-0.2, -0.15) is 9.40 Å². The summed E-state index contributed by atoms with van der Waals surface area (Å²) in [6.45, 7) is 8.41. The van der Waals surface area contributed by atoms with Crippen LogP contribution in [-0.2, 0) is 16.6 Å². The second-order valence-corrected chi connectivity index (χ2v) is 6.31. The molecule has 18 heavy (non-hydrogen) atoms. The van der Waals surface area contributed by atoms with E-state index < -0.39 is 10.0 Å². The Kier molecular flexibility index (Phi) is 4.04. The number of aryl methyl sites for hydroxylation is 1. The third-order valence-electron chi connectivity index (χ3n) is 3.35. The highest BCUT2D eigenvalue weighted by Gasteiger charge is 2.28. The van der Waals surface area contributed by atoms with Crippen LogP contribution in [0.5, 0.6) is 0 Å². The van der Waals surface area contributed by atoms with Gasteiger partial charge >= 0.3 is 0 Å². The van der Waals surface area contributed by atoms with Crippen molar-refractivity contribution in [1.82, 2.24) is 19.0 Å². The predicted molar refractivity (Wildman–Crippen MR) is 68.8 cm³/mol. The van der Waals surface area contributed by atoms with Crippen molar-refractivity contribution >= 4 is 10.0 Å². The molecule has 7 heteroatoms. The Morgan fingerprint density at radius 2 is 1.83 bits per heavy atom. The van der Waals surface area contributed by atoms with Gasteiger partial charge in [0.1, 0.15) is 4.90 Å². The van der Waals surface area contributed by atoms with Gasteiger partial charge in [0.25, 0.3) is 0 Å². The van der Waals surface area contributed by atoms with Gasteiger partial charge in [0, 0.05) is 38.9 Å². The van der Waals surface area contributed by atoms with Crippen molar-refractivity contribution in [2.45, 2.75) is 25.3 Å². The van der Waals surface area contributed by atoms with E-state index in [9.17, 15) is 8.42 Å². The van der Waals surface area contributed by atoms with Crippen molar-refractivity contribution in [2.75, 3.05) is 32.7 Å². The van der Waals surface area contributed by atoms with Gasteiger partial charge in [0.2, 0.25) is 10.0 Å². The Morgan fingerprint density at radius 1 is 1.17 bits per heavy atom. The Balaban J connectivity index is 2.12. The molecule has 0 saturated carbocycles. The number of hydrogen-bond donors (Lipinski definition) is 0. The second kappa shape index (κ2) is 5.38. The van der Waals surface area contributed by atoms with Crippen LogP contribution in [0.1, 0.15) is 13.8 Å². The van der Waals surface area contributed by atoms with Gasteiger partial charge in [-0.25, -0.2) is 8.42 Å². The highest BCUT2D eigenvalue weighted by Crippen LogP contribution is 2.16. The summed E-state index contributed by atoms with van der Waals surface area (Å²) in [5.74, 6) is 0. The minimum atomic E-state index is -3.36. The molecule has 0 aromatic carbocycles. The van der Waals surface area contributed by atoms with Crippen LogP contribution in [0, 0.1) is 0 Å². The molecule has 0 amide bonds. The molecule has 102 valence electrons. The summed E-state index contributed by atoms with van der Waals surface area (Å²) in [6, 6.07) is 0. The number of hydrogen-bond acceptors (Lipinski definition) is 4. The van der Waals surface area contributed by atoms with E-state index in [2.05, 4.69) is 16.9 Å². The lowest BCUT2D eigenvalue weighted by Gasteiger charge is -2.32. The molecule has 0 aliphatic carbocycles. The van der Waals surface area contributed by atoms with Gasteiger partial charge < -0.3 is 4.90 Å². The van der Waals surface area contributed by atoms with Crippen LogP contribution < -0.4 is 0 Å². The van der Waals surface area contributed by atoms with E-state index in [-0.39, 0.29) is 0 Å². The number of likely N-dealkylation sites (N-methyl/N-ethyl adjacent to an activating group) is 1. The Labute approximate surface area is 108 Å². The first-order valence-electron chi connectivity index (χ1n) is 6.33. The highest BCUT2D eigenvalue weighted by atomic mass is 32.2. The Bertz CT molecular complexity index is 489. The van der Waals surface area contributed by atoms with Crippen LogP contribution in [-0.4, -0.2) is 60.1 Å². The standard InChI is InChI=1S/C11H20N4O2S/c1-3-13-5-7-15(8-6-13)18(16,17)11-9-12-14(4-2)10-11/h9-10H,3-8H2,1-2H3. The van der Waals surface area contributed by atoms with Crippen LogP contribution in [0.15, 0.2) is 17.3 Å². The maximum Gasteiger partial charge on any atom is 0.246 e. The zero-order valence-electron chi connectivity index (χ0n) is 10.9. The summed E-state index contributed by atoms with van der Waals surface area (Å²) in [6.07, 6.45) is 3.03.